The van der Waals surface area contributed by atoms with Crippen LogP contribution < -0.4 is 5.32 Å². The lowest BCUT2D eigenvalue weighted by atomic mass is 10.0. The number of nitrogens with one attached hydrogen (secondary N) is 1. The normalized spacial score (nSPS) is 12.5. The molecule has 1 atom stereocenters. The van der Waals surface area contributed by atoms with Gasteiger partial charge in [-0.25, -0.2) is 0 Å². The molecule has 0 aliphatic rings. The van der Waals surface area contributed by atoms with Crippen molar-refractivity contribution in [2.45, 2.75) is 25.8 Å². The average molecular weight is 310 g/mol. The van der Waals surface area contributed by atoms with E-state index in [0.29, 0.717) is 0 Å². The summed E-state index contributed by atoms with van der Waals surface area (Å²) in [7, 11) is 0. The fourth-order valence-corrected chi connectivity index (χ4v) is 2.82. The van der Waals surface area contributed by atoms with Crippen LogP contribution in [0.5, 0.6) is 0 Å². The Bertz CT molecular complexity index is 669. The number of nitrogens with zero attached hydrogens (tertiary/aromatic N) is 1. The van der Waals surface area contributed by atoms with Crippen LogP contribution in [-0.4, -0.2) is 5.91 Å². The Morgan fingerprint density at radius 2 is 2.14 bits per heavy atom. The highest BCUT2D eigenvalue weighted by Crippen LogP contribution is 2.19. The van der Waals surface area contributed by atoms with E-state index >= 15 is 0 Å². The second kappa shape index (κ2) is 8.16. The minimum absolute atomic E-state index is 0.0714. The summed E-state index contributed by atoms with van der Waals surface area (Å²) in [5, 5.41) is 16.0. The van der Waals surface area contributed by atoms with Gasteiger partial charge in [0.2, 0.25) is 0 Å². The van der Waals surface area contributed by atoms with Gasteiger partial charge >= 0.3 is 0 Å². The maximum Gasteiger partial charge on any atom is 0.262 e. The molecule has 3 nitrogen and oxygen atoms in total. The topological polar surface area (TPSA) is 52.9 Å². The van der Waals surface area contributed by atoms with Crippen LogP contribution >= 0.6 is 11.3 Å². The van der Waals surface area contributed by atoms with Crippen LogP contribution in [0.15, 0.2) is 52.7 Å². The van der Waals surface area contributed by atoms with E-state index in [9.17, 15) is 10.1 Å². The first kappa shape index (κ1) is 16.0. The van der Waals surface area contributed by atoms with E-state index in [0.717, 1.165) is 24.0 Å². The number of nitriles is 1. The van der Waals surface area contributed by atoms with Gasteiger partial charge in [0.05, 0.1) is 6.04 Å². The third-order valence-electron chi connectivity index (χ3n) is 3.30. The minimum Gasteiger partial charge on any atom is -0.345 e. The van der Waals surface area contributed by atoms with E-state index < -0.39 is 0 Å². The summed E-state index contributed by atoms with van der Waals surface area (Å²) in [5.41, 5.74) is 2.07. The molecule has 2 rings (SSSR count). The molecule has 0 aliphatic heterocycles. The zero-order valence-corrected chi connectivity index (χ0v) is 13.3. The molecule has 112 valence electrons. The first-order valence-electron chi connectivity index (χ1n) is 7.24. The Morgan fingerprint density at radius 3 is 2.73 bits per heavy atom. The first-order chi connectivity index (χ1) is 10.7. The predicted molar refractivity (Wildman–Crippen MR) is 90.1 cm³/mol. The van der Waals surface area contributed by atoms with Crippen LogP contribution in [0.4, 0.5) is 0 Å². The van der Waals surface area contributed by atoms with E-state index in [4.69, 9.17) is 0 Å². The van der Waals surface area contributed by atoms with Crippen molar-refractivity contribution in [3.63, 3.8) is 0 Å². The van der Waals surface area contributed by atoms with Crippen molar-refractivity contribution in [2.24, 2.45) is 0 Å². The molecule has 4 heteroatoms. The number of thiophene rings is 1. The highest BCUT2D eigenvalue weighted by molar-refractivity contribution is 7.08. The molecular weight excluding hydrogens is 292 g/mol. The monoisotopic (exact) mass is 310 g/mol. The van der Waals surface area contributed by atoms with Crippen LogP contribution in [0.1, 0.15) is 36.9 Å². The van der Waals surface area contributed by atoms with Crippen molar-refractivity contribution in [3.8, 4) is 6.07 Å². The van der Waals surface area contributed by atoms with Gasteiger partial charge in [-0.1, -0.05) is 43.7 Å². The average Bonchev–Trinajstić information content (AvgIpc) is 3.06. The molecule has 2 aromatic rings. The zero-order valence-electron chi connectivity index (χ0n) is 12.5. The molecule has 1 aromatic heterocycles. The van der Waals surface area contributed by atoms with Crippen LogP contribution in [0.2, 0.25) is 0 Å². The van der Waals surface area contributed by atoms with Crippen molar-refractivity contribution >= 4 is 23.3 Å². The number of amides is 1. The number of benzene rings is 1. The number of hydrogen-bond donors (Lipinski definition) is 1. The second-order valence-electron chi connectivity index (χ2n) is 4.95. The number of hydrogen-bond acceptors (Lipinski definition) is 3. The van der Waals surface area contributed by atoms with Crippen LogP contribution in [0.3, 0.4) is 0 Å². The summed E-state index contributed by atoms with van der Waals surface area (Å²) >= 11 is 1.54. The van der Waals surface area contributed by atoms with Crippen LogP contribution in [0.25, 0.3) is 6.08 Å². The van der Waals surface area contributed by atoms with Gasteiger partial charge < -0.3 is 5.32 Å². The Kier molecular flexibility index (Phi) is 5.93. The smallest absolute Gasteiger partial charge is 0.262 e. The molecule has 1 heterocycles. The van der Waals surface area contributed by atoms with E-state index in [2.05, 4.69) is 12.2 Å². The van der Waals surface area contributed by atoms with Gasteiger partial charge in [0.25, 0.3) is 5.91 Å². The molecule has 1 amide bonds. The minimum atomic E-state index is -0.323. The highest BCUT2D eigenvalue weighted by atomic mass is 32.1. The largest absolute Gasteiger partial charge is 0.345 e. The van der Waals surface area contributed by atoms with Gasteiger partial charge in [0.1, 0.15) is 11.6 Å². The molecule has 0 bridgehead atoms. The number of carbonyl (C=O) groups is 1. The van der Waals surface area contributed by atoms with Crippen molar-refractivity contribution in [2.75, 3.05) is 0 Å². The van der Waals surface area contributed by atoms with Gasteiger partial charge in [0.15, 0.2) is 0 Å². The van der Waals surface area contributed by atoms with Crippen LogP contribution in [-0.2, 0) is 4.79 Å². The molecule has 0 saturated heterocycles. The SMILES string of the molecule is CCC[C@H](NC(=O)/C(C#N)=C/c1ccsc1)c1ccccc1. The summed E-state index contributed by atoms with van der Waals surface area (Å²) in [4.78, 5) is 12.4. The summed E-state index contributed by atoms with van der Waals surface area (Å²) in [6.45, 7) is 2.08. The zero-order chi connectivity index (χ0) is 15.8. The van der Waals surface area contributed by atoms with Crippen molar-refractivity contribution in [1.29, 1.82) is 5.26 Å². The van der Waals surface area contributed by atoms with Gasteiger partial charge in [-0.05, 0) is 40.5 Å². The molecular formula is C18H18N2OS. The van der Waals surface area contributed by atoms with Gasteiger partial charge in [-0.3, -0.25) is 4.79 Å². The third kappa shape index (κ3) is 4.31. The molecule has 0 saturated carbocycles. The molecule has 0 spiro atoms. The lowest BCUT2D eigenvalue weighted by Gasteiger charge is -2.18. The number of carbonyl (C=O) groups excluding carboxylic acids is 1. The summed E-state index contributed by atoms with van der Waals surface area (Å²) in [5.74, 6) is -0.323. The first-order valence-corrected chi connectivity index (χ1v) is 8.18. The fourth-order valence-electron chi connectivity index (χ4n) is 2.20. The van der Waals surface area contributed by atoms with Crippen LogP contribution in [0, 0.1) is 11.3 Å². The molecule has 0 aliphatic carbocycles. The summed E-state index contributed by atoms with van der Waals surface area (Å²) in [6.07, 6.45) is 3.42. The van der Waals surface area contributed by atoms with E-state index in [1.165, 1.54) is 11.3 Å². The Hall–Kier alpha value is -2.38. The molecule has 0 unspecified atom stereocenters. The van der Waals surface area contributed by atoms with E-state index in [1.54, 1.807) is 6.08 Å². The van der Waals surface area contributed by atoms with Crippen molar-refractivity contribution in [3.05, 3.63) is 63.9 Å². The third-order valence-corrected chi connectivity index (χ3v) is 4.01. The second-order valence-corrected chi connectivity index (χ2v) is 5.73. The Balaban J connectivity index is 2.15. The Morgan fingerprint density at radius 1 is 1.36 bits per heavy atom. The highest BCUT2D eigenvalue weighted by Gasteiger charge is 2.16. The number of rotatable bonds is 6. The molecule has 0 radical (unpaired) electrons. The summed E-state index contributed by atoms with van der Waals surface area (Å²) < 4.78 is 0. The van der Waals surface area contributed by atoms with Gasteiger partial charge in [-0.15, -0.1) is 0 Å². The molecule has 1 aromatic carbocycles. The van der Waals surface area contributed by atoms with Crippen molar-refractivity contribution in [1.82, 2.24) is 5.32 Å². The Labute approximate surface area is 134 Å². The maximum absolute atomic E-state index is 12.4. The lowest BCUT2D eigenvalue weighted by molar-refractivity contribution is -0.117. The van der Waals surface area contributed by atoms with E-state index in [1.807, 2.05) is 53.2 Å². The fraction of sp³-hybridized carbons (Fsp3) is 0.222. The quantitative estimate of drug-likeness (QED) is 0.638. The molecule has 0 fully saturated rings. The predicted octanol–water partition coefficient (Wildman–Crippen LogP) is 4.31. The lowest BCUT2D eigenvalue weighted by Crippen LogP contribution is -2.29. The standard InChI is InChI=1S/C18H18N2OS/c1-2-6-17(15-7-4-3-5-8-15)20-18(21)16(12-19)11-14-9-10-22-13-14/h3-5,7-11,13,17H,2,6H2,1H3,(H,20,21)/b16-11+/t17-/m0/s1. The maximum atomic E-state index is 12.4. The molecule has 1 N–H and O–H groups in total. The van der Waals surface area contributed by atoms with Crippen molar-refractivity contribution < 1.29 is 4.79 Å². The van der Waals surface area contributed by atoms with Gasteiger partial charge in [-0.2, -0.15) is 16.6 Å². The van der Waals surface area contributed by atoms with Gasteiger partial charge in [0, 0.05) is 0 Å². The summed E-state index contributed by atoms with van der Waals surface area (Å²) in [6, 6.07) is 13.7. The van der Waals surface area contributed by atoms with E-state index in [-0.39, 0.29) is 17.5 Å². The molecule has 22 heavy (non-hydrogen) atoms.